The first-order chi connectivity index (χ1) is 22.0. The fraction of sp³-hybridized carbons (Fsp3) is 0.306. The van der Waals surface area contributed by atoms with Gasteiger partial charge in [0.1, 0.15) is 0 Å². The minimum absolute atomic E-state index is 0.119. The van der Waals surface area contributed by atoms with E-state index >= 15 is 4.11 Å². The normalized spacial score (nSPS) is 23.3. The summed E-state index contributed by atoms with van der Waals surface area (Å²) >= 11 is 0. The highest BCUT2D eigenvalue weighted by molar-refractivity contribution is 6.72. The van der Waals surface area contributed by atoms with Crippen LogP contribution in [0.15, 0.2) is 84.9 Å². The minimum Gasteiger partial charge on any atom is -0.395 e. The SMILES string of the molecule is C[C@@H]1[C@@H]([Si](C)(C)F)[C@H](CC(=O)N(CCO)Cc2ccccc2)O[C@@]12C(=O)Nc1ccc(N3C(=O)c4cccc5cccc3c45)cc12. The van der Waals surface area contributed by atoms with Gasteiger partial charge in [-0.2, -0.15) is 0 Å². The van der Waals surface area contributed by atoms with Gasteiger partial charge >= 0.3 is 0 Å². The summed E-state index contributed by atoms with van der Waals surface area (Å²) in [6, 6.07) is 26.3. The molecule has 4 aromatic carbocycles. The molecule has 0 unspecified atom stereocenters. The molecule has 0 bridgehead atoms. The third kappa shape index (κ3) is 4.66. The van der Waals surface area contributed by atoms with Gasteiger partial charge in [-0.3, -0.25) is 19.3 Å². The molecule has 3 amide bonds. The number of hydrogen-bond donors (Lipinski definition) is 2. The Morgan fingerprint density at radius 1 is 1.04 bits per heavy atom. The van der Waals surface area contributed by atoms with Crippen LogP contribution in [0.5, 0.6) is 0 Å². The summed E-state index contributed by atoms with van der Waals surface area (Å²) < 4.78 is 22.9. The molecule has 4 aromatic rings. The number of aliphatic hydroxyl groups excluding tert-OH is 1. The Morgan fingerprint density at radius 3 is 2.50 bits per heavy atom. The van der Waals surface area contributed by atoms with Crippen molar-refractivity contribution in [3.63, 3.8) is 0 Å². The lowest BCUT2D eigenvalue weighted by Crippen LogP contribution is -2.42. The summed E-state index contributed by atoms with van der Waals surface area (Å²) in [5.41, 5.74) is 1.70. The Balaban J connectivity index is 1.25. The first-order valence-corrected chi connectivity index (χ1v) is 18.6. The summed E-state index contributed by atoms with van der Waals surface area (Å²) in [6.07, 6.45) is -0.994. The van der Waals surface area contributed by atoms with Crippen LogP contribution in [0.25, 0.3) is 10.8 Å². The van der Waals surface area contributed by atoms with Gasteiger partial charge in [0, 0.05) is 46.9 Å². The number of benzene rings is 4. The van der Waals surface area contributed by atoms with E-state index in [-0.39, 0.29) is 31.4 Å². The molecule has 1 saturated heterocycles. The molecule has 1 fully saturated rings. The number of nitrogens with zero attached hydrogens (tertiary/aromatic N) is 2. The molecule has 3 aliphatic rings. The molecule has 1 spiro atoms. The van der Waals surface area contributed by atoms with E-state index in [1.807, 2.05) is 73.7 Å². The number of anilines is 3. The highest BCUT2D eigenvalue weighted by Crippen LogP contribution is 2.59. The van der Waals surface area contributed by atoms with E-state index in [2.05, 4.69) is 5.32 Å². The van der Waals surface area contributed by atoms with Crippen LogP contribution in [0, 0.1) is 5.92 Å². The minimum atomic E-state index is -3.50. The lowest BCUT2D eigenvalue weighted by Gasteiger charge is -2.31. The van der Waals surface area contributed by atoms with Crippen LogP contribution in [0.1, 0.15) is 34.8 Å². The molecule has 0 saturated carbocycles. The van der Waals surface area contributed by atoms with E-state index in [1.54, 1.807) is 41.1 Å². The summed E-state index contributed by atoms with van der Waals surface area (Å²) in [6.45, 7) is 5.21. The molecule has 8 nitrogen and oxygen atoms in total. The maximum atomic E-state index is 16.2. The molecule has 0 aliphatic carbocycles. The highest BCUT2D eigenvalue weighted by atomic mass is 28.4. The molecule has 0 aromatic heterocycles. The zero-order chi connectivity index (χ0) is 32.4. The van der Waals surface area contributed by atoms with Crippen molar-refractivity contribution in [3.05, 3.63) is 102 Å². The highest BCUT2D eigenvalue weighted by Gasteiger charge is 2.65. The fourth-order valence-corrected chi connectivity index (χ4v) is 10.4. The van der Waals surface area contributed by atoms with Crippen molar-refractivity contribution < 1.29 is 28.3 Å². The molecule has 7 rings (SSSR count). The standard InChI is InChI=1S/C36H36FN3O5Si/c1-22-33(46(2,3)37)30(20-31(42)39(17-18-41)21-23-9-5-4-6-10-23)45-36(22)27-19-25(15-16-28(27)38-35(36)44)40-29-14-8-12-24-11-7-13-26(32(24)29)34(40)43/h4-16,19,22,30,33,41H,17-18,20-21H2,1-3H3,(H,38,44)/t22-,30+,33-,36+/m1/s1. The van der Waals surface area contributed by atoms with Gasteiger partial charge in [0.15, 0.2) is 5.60 Å². The number of hydrogen-bond acceptors (Lipinski definition) is 5. The van der Waals surface area contributed by atoms with Gasteiger partial charge < -0.3 is 24.2 Å². The third-order valence-corrected chi connectivity index (χ3v) is 12.3. The van der Waals surface area contributed by atoms with E-state index in [0.717, 1.165) is 22.0 Å². The smallest absolute Gasteiger partial charge is 0.263 e. The second kappa shape index (κ2) is 11.1. The van der Waals surface area contributed by atoms with Gasteiger partial charge in [0.05, 0.1) is 30.4 Å². The molecule has 2 N–H and O–H groups in total. The zero-order valence-corrected chi connectivity index (χ0v) is 27.0. The average Bonchev–Trinajstić information content (AvgIpc) is 3.60. The predicted molar refractivity (Wildman–Crippen MR) is 177 cm³/mol. The van der Waals surface area contributed by atoms with Gasteiger partial charge in [0.25, 0.3) is 11.8 Å². The molecular weight excluding hydrogens is 601 g/mol. The zero-order valence-electron chi connectivity index (χ0n) is 26.0. The second-order valence-electron chi connectivity index (χ2n) is 13.0. The number of rotatable bonds is 8. The number of ether oxygens (including phenoxy) is 1. The Morgan fingerprint density at radius 2 is 1.78 bits per heavy atom. The maximum Gasteiger partial charge on any atom is 0.263 e. The molecule has 10 heteroatoms. The number of amides is 3. The van der Waals surface area contributed by atoms with Gasteiger partial charge in [-0.15, -0.1) is 0 Å². The van der Waals surface area contributed by atoms with Crippen LogP contribution in [-0.2, 0) is 26.5 Å². The van der Waals surface area contributed by atoms with Crippen LogP contribution in [0.2, 0.25) is 18.6 Å². The quantitative estimate of drug-likeness (QED) is 0.175. The second-order valence-corrected chi connectivity index (χ2v) is 16.8. The van der Waals surface area contributed by atoms with Crippen molar-refractivity contribution in [2.24, 2.45) is 5.92 Å². The van der Waals surface area contributed by atoms with E-state index in [4.69, 9.17) is 4.74 Å². The van der Waals surface area contributed by atoms with Crippen molar-refractivity contribution in [1.82, 2.24) is 4.90 Å². The van der Waals surface area contributed by atoms with Crippen LogP contribution in [0.4, 0.5) is 21.2 Å². The molecule has 3 aliphatic heterocycles. The summed E-state index contributed by atoms with van der Waals surface area (Å²) in [5.74, 6) is -1.44. The number of carbonyl (C=O) groups is 3. The lowest BCUT2D eigenvalue weighted by atomic mass is 9.82. The lowest BCUT2D eigenvalue weighted by molar-refractivity contribution is -0.148. The molecular formula is C36H36FN3O5Si. The van der Waals surface area contributed by atoms with Crippen molar-refractivity contribution in [2.75, 3.05) is 23.4 Å². The molecule has 46 heavy (non-hydrogen) atoms. The van der Waals surface area contributed by atoms with E-state index < -0.39 is 37.5 Å². The molecule has 4 atom stereocenters. The first kappa shape index (κ1) is 30.3. The number of nitrogens with one attached hydrogen (secondary N) is 1. The molecule has 236 valence electrons. The van der Waals surface area contributed by atoms with Crippen LogP contribution >= 0.6 is 0 Å². The maximum absolute atomic E-state index is 16.2. The summed E-state index contributed by atoms with van der Waals surface area (Å²) in [7, 11) is -3.50. The summed E-state index contributed by atoms with van der Waals surface area (Å²) in [5, 5.41) is 14.5. The predicted octanol–water partition coefficient (Wildman–Crippen LogP) is 6.27. The van der Waals surface area contributed by atoms with Crippen molar-refractivity contribution in [2.45, 2.75) is 50.2 Å². The van der Waals surface area contributed by atoms with Gasteiger partial charge in [-0.1, -0.05) is 61.5 Å². The van der Waals surface area contributed by atoms with Crippen molar-refractivity contribution in [1.29, 1.82) is 0 Å². The van der Waals surface area contributed by atoms with E-state index in [9.17, 15) is 19.5 Å². The molecule has 3 heterocycles. The Hall–Kier alpha value is -4.38. The number of halogens is 1. The summed E-state index contributed by atoms with van der Waals surface area (Å²) in [4.78, 5) is 44.6. The Bertz CT molecular complexity index is 1870. The molecule has 0 radical (unpaired) electrons. The Kier molecular flexibility index (Phi) is 7.34. The largest absolute Gasteiger partial charge is 0.395 e. The third-order valence-electron chi connectivity index (χ3n) is 9.83. The van der Waals surface area contributed by atoms with Crippen molar-refractivity contribution in [3.8, 4) is 0 Å². The average molecular weight is 638 g/mol. The monoisotopic (exact) mass is 637 g/mol. The number of carbonyl (C=O) groups excluding carboxylic acids is 3. The van der Waals surface area contributed by atoms with Crippen LogP contribution in [-0.4, -0.2) is 55.4 Å². The van der Waals surface area contributed by atoms with E-state index in [0.29, 0.717) is 29.0 Å². The van der Waals surface area contributed by atoms with E-state index in [1.165, 1.54) is 0 Å². The number of fused-ring (bicyclic) bond motifs is 2. The first-order valence-electron chi connectivity index (χ1n) is 15.7. The fourth-order valence-electron chi connectivity index (χ4n) is 7.88. The number of aliphatic hydroxyl groups is 1. The van der Waals surface area contributed by atoms with Crippen LogP contribution in [0.3, 0.4) is 0 Å². The Labute approximate surface area is 268 Å². The van der Waals surface area contributed by atoms with Crippen LogP contribution < -0.4 is 10.2 Å². The van der Waals surface area contributed by atoms with Gasteiger partial charge in [0.2, 0.25) is 14.3 Å². The topological polar surface area (TPSA) is 99.2 Å². The van der Waals surface area contributed by atoms with Gasteiger partial charge in [-0.05, 0) is 54.4 Å². The van der Waals surface area contributed by atoms with Crippen molar-refractivity contribution >= 4 is 54.0 Å². The van der Waals surface area contributed by atoms with Gasteiger partial charge in [-0.25, -0.2) is 0 Å².